The van der Waals surface area contributed by atoms with Crippen LogP contribution >= 0.6 is 0 Å². The van der Waals surface area contributed by atoms with Gasteiger partial charge in [0.15, 0.2) is 0 Å². The maximum Gasteiger partial charge on any atom is 0.410 e. The first-order valence-corrected chi connectivity index (χ1v) is 9.17. The van der Waals surface area contributed by atoms with Crippen molar-refractivity contribution in [2.24, 2.45) is 0 Å². The minimum Gasteiger partial charge on any atom is -0.444 e. The van der Waals surface area contributed by atoms with Crippen LogP contribution in [0.3, 0.4) is 0 Å². The zero-order valence-corrected chi connectivity index (χ0v) is 15.7. The molecular weight excluding hydrogens is 316 g/mol. The Morgan fingerprint density at radius 3 is 2.64 bits per heavy atom. The third-order valence-corrected chi connectivity index (χ3v) is 4.79. The number of amides is 2. The highest BCUT2D eigenvalue weighted by atomic mass is 16.6. The van der Waals surface area contributed by atoms with Crippen molar-refractivity contribution in [3.05, 3.63) is 29.3 Å². The lowest BCUT2D eigenvalue weighted by atomic mass is 9.98. The number of anilines is 1. The molecule has 2 aliphatic rings. The molecule has 1 atom stereocenters. The molecule has 1 aromatic carbocycles. The third kappa shape index (κ3) is 3.80. The highest BCUT2D eigenvalue weighted by molar-refractivity contribution is 6.00. The second kappa shape index (κ2) is 6.70. The van der Waals surface area contributed by atoms with Gasteiger partial charge in [-0.2, -0.15) is 0 Å². The zero-order chi connectivity index (χ0) is 18.2. The van der Waals surface area contributed by atoms with Crippen LogP contribution in [0.5, 0.6) is 0 Å². The number of ether oxygens (including phenoxy) is 1. The first-order valence-electron chi connectivity index (χ1n) is 9.17. The van der Waals surface area contributed by atoms with Crippen LogP contribution in [-0.2, 0) is 16.0 Å². The average molecular weight is 344 g/mol. The Hall–Kier alpha value is -2.04. The van der Waals surface area contributed by atoms with Crippen molar-refractivity contribution in [1.29, 1.82) is 0 Å². The molecule has 1 fully saturated rings. The summed E-state index contributed by atoms with van der Waals surface area (Å²) in [5.41, 5.74) is 2.88. The van der Waals surface area contributed by atoms with Gasteiger partial charge in [0.25, 0.3) is 0 Å². The van der Waals surface area contributed by atoms with Gasteiger partial charge in [-0.3, -0.25) is 9.69 Å². The first-order chi connectivity index (χ1) is 11.8. The van der Waals surface area contributed by atoms with E-state index in [-0.39, 0.29) is 12.0 Å². The maximum absolute atomic E-state index is 13.2. The summed E-state index contributed by atoms with van der Waals surface area (Å²) in [5, 5.41) is 0. The number of fused-ring (bicyclic) bond motifs is 1. The van der Waals surface area contributed by atoms with E-state index in [9.17, 15) is 9.59 Å². The van der Waals surface area contributed by atoms with Gasteiger partial charge in [-0.1, -0.05) is 17.7 Å². The van der Waals surface area contributed by atoms with Crippen molar-refractivity contribution >= 4 is 17.7 Å². The summed E-state index contributed by atoms with van der Waals surface area (Å²) in [6, 6.07) is 5.83. The van der Waals surface area contributed by atoms with Crippen LogP contribution in [0.25, 0.3) is 0 Å². The van der Waals surface area contributed by atoms with Crippen molar-refractivity contribution in [2.45, 2.75) is 65.0 Å². The molecule has 25 heavy (non-hydrogen) atoms. The second-order valence-corrected chi connectivity index (χ2v) is 8.06. The molecule has 0 saturated carbocycles. The molecule has 5 nitrogen and oxygen atoms in total. The SMILES string of the molecule is Cc1ccc2c(c1)CCCN2C(=O)[C@@H]1CCCN1C(=O)OC(C)(C)C. The van der Waals surface area contributed by atoms with E-state index in [2.05, 4.69) is 13.0 Å². The fourth-order valence-corrected chi connectivity index (χ4v) is 3.70. The first kappa shape index (κ1) is 17.8. The van der Waals surface area contributed by atoms with E-state index in [1.54, 1.807) is 4.90 Å². The normalized spacial score (nSPS) is 20.4. The lowest BCUT2D eigenvalue weighted by Crippen LogP contribution is -2.50. The highest BCUT2D eigenvalue weighted by Gasteiger charge is 2.39. The summed E-state index contributed by atoms with van der Waals surface area (Å²) < 4.78 is 5.49. The molecule has 1 saturated heterocycles. The number of nitrogens with zero attached hydrogens (tertiary/aromatic N) is 2. The van der Waals surface area contributed by atoms with Crippen LogP contribution in [0.4, 0.5) is 10.5 Å². The number of carbonyl (C=O) groups excluding carboxylic acids is 2. The summed E-state index contributed by atoms with van der Waals surface area (Å²) in [6.07, 6.45) is 3.12. The van der Waals surface area contributed by atoms with Gasteiger partial charge in [-0.25, -0.2) is 4.79 Å². The van der Waals surface area contributed by atoms with Gasteiger partial charge in [0, 0.05) is 18.8 Å². The van der Waals surface area contributed by atoms with Gasteiger partial charge in [-0.15, -0.1) is 0 Å². The predicted molar refractivity (Wildman–Crippen MR) is 97.8 cm³/mol. The highest BCUT2D eigenvalue weighted by Crippen LogP contribution is 2.31. The predicted octanol–water partition coefficient (Wildman–Crippen LogP) is 3.67. The molecule has 136 valence electrons. The minimum atomic E-state index is -0.553. The van der Waals surface area contributed by atoms with Gasteiger partial charge >= 0.3 is 6.09 Å². The third-order valence-electron chi connectivity index (χ3n) is 4.79. The van der Waals surface area contributed by atoms with E-state index in [0.717, 1.165) is 24.9 Å². The maximum atomic E-state index is 13.2. The van der Waals surface area contributed by atoms with E-state index >= 15 is 0 Å². The summed E-state index contributed by atoms with van der Waals surface area (Å²) in [7, 11) is 0. The molecular formula is C20H28N2O3. The quantitative estimate of drug-likeness (QED) is 0.781. The smallest absolute Gasteiger partial charge is 0.410 e. The van der Waals surface area contributed by atoms with Gasteiger partial charge in [0.2, 0.25) is 5.91 Å². The molecule has 0 N–H and O–H groups in total. The van der Waals surface area contributed by atoms with Crippen molar-refractivity contribution in [1.82, 2.24) is 4.90 Å². The molecule has 0 spiro atoms. The Bertz CT molecular complexity index is 678. The van der Waals surface area contributed by atoms with Crippen molar-refractivity contribution in [3.63, 3.8) is 0 Å². The number of aryl methyl sites for hydroxylation is 2. The molecule has 3 rings (SSSR count). The number of hydrogen-bond donors (Lipinski definition) is 0. The molecule has 2 aliphatic heterocycles. The van der Waals surface area contributed by atoms with Crippen LogP contribution in [0, 0.1) is 6.92 Å². The van der Waals surface area contributed by atoms with Crippen molar-refractivity contribution in [2.75, 3.05) is 18.0 Å². The van der Waals surface area contributed by atoms with Crippen LogP contribution in [0.1, 0.15) is 51.2 Å². The Balaban J connectivity index is 1.80. The average Bonchev–Trinajstić information content (AvgIpc) is 3.01. The summed E-state index contributed by atoms with van der Waals surface area (Å²) in [6.45, 7) is 8.92. The molecule has 0 unspecified atom stereocenters. The van der Waals surface area contributed by atoms with Gasteiger partial charge in [0.1, 0.15) is 11.6 Å². The Kier molecular flexibility index (Phi) is 4.76. The molecule has 0 radical (unpaired) electrons. The molecule has 0 bridgehead atoms. The summed E-state index contributed by atoms with van der Waals surface area (Å²) >= 11 is 0. The second-order valence-electron chi connectivity index (χ2n) is 8.06. The lowest BCUT2D eigenvalue weighted by molar-refractivity contribution is -0.123. The van der Waals surface area contributed by atoms with E-state index in [4.69, 9.17) is 4.74 Å². The van der Waals surface area contributed by atoms with Crippen LogP contribution in [0.15, 0.2) is 18.2 Å². The molecule has 5 heteroatoms. The van der Waals surface area contributed by atoms with Crippen molar-refractivity contribution < 1.29 is 14.3 Å². The molecule has 2 heterocycles. The monoisotopic (exact) mass is 344 g/mol. The lowest BCUT2D eigenvalue weighted by Gasteiger charge is -2.34. The van der Waals surface area contributed by atoms with Gasteiger partial charge < -0.3 is 9.64 Å². The van der Waals surface area contributed by atoms with Crippen molar-refractivity contribution in [3.8, 4) is 0 Å². The largest absolute Gasteiger partial charge is 0.444 e. The van der Waals surface area contributed by atoms with E-state index in [1.807, 2.05) is 37.8 Å². The Morgan fingerprint density at radius 1 is 1.16 bits per heavy atom. The van der Waals surface area contributed by atoms with Crippen LogP contribution < -0.4 is 4.90 Å². The topological polar surface area (TPSA) is 49.9 Å². The molecule has 0 aromatic heterocycles. The Labute approximate surface area is 149 Å². The van der Waals surface area contributed by atoms with Crippen LogP contribution in [0.2, 0.25) is 0 Å². The van der Waals surface area contributed by atoms with Gasteiger partial charge in [0.05, 0.1) is 0 Å². The fourth-order valence-electron chi connectivity index (χ4n) is 3.70. The molecule has 2 amide bonds. The number of likely N-dealkylation sites (tertiary alicyclic amines) is 1. The minimum absolute atomic E-state index is 0.0214. The summed E-state index contributed by atoms with van der Waals surface area (Å²) in [4.78, 5) is 29.2. The summed E-state index contributed by atoms with van der Waals surface area (Å²) in [5.74, 6) is 0.0214. The van der Waals surface area contributed by atoms with Crippen LogP contribution in [-0.4, -0.2) is 41.6 Å². The number of rotatable bonds is 1. The zero-order valence-electron chi connectivity index (χ0n) is 15.7. The number of carbonyl (C=O) groups is 2. The van der Waals surface area contributed by atoms with E-state index in [0.29, 0.717) is 19.5 Å². The Morgan fingerprint density at radius 2 is 1.92 bits per heavy atom. The number of benzene rings is 1. The number of hydrogen-bond acceptors (Lipinski definition) is 3. The van der Waals surface area contributed by atoms with E-state index in [1.165, 1.54) is 11.1 Å². The standard InChI is InChI=1S/C20H28N2O3/c1-14-9-10-16-15(13-14)7-5-11-21(16)18(23)17-8-6-12-22(17)19(24)25-20(2,3)4/h9-10,13,17H,5-8,11-12H2,1-4H3/t17-/m0/s1. The fraction of sp³-hybridized carbons (Fsp3) is 0.600. The molecule has 1 aromatic rings. The molecule has 0 aliphatic carbocycles. The van der Waals surface area contributed by atoms with Gasteiger partial charge in [-0.05, 0) is 65.0 Å². The van der Waals surface area contributed by atoms with E-state index < -0.39 is 11.6 Å².